The molecule has 288 valence electrons. The van der Waals surface area contributed by atoms with Crippen LogP contribution in [0.3, 0.4) is 0 Å². The second-order valence-corrected chi connectivity index (χ2v) is 13.9. The summed E-state index contributed by atoms with van der Waals surface area (Å²) >= 11 is 0. The maximum Gasteiger partial charge on any atom is 0.178 e. The van der Waals surface area contributed by atoms with Crippen LogP contribution in [-0.4, -0.2) is 68.4 Å². The number of carbonyl (C=O) groups excluding carboxylic acids is 1. The van der Waals surface area contributed by atoms with E-state index in [4.69, 9.17) is 20.3 Å². The molecule has 0 spiro atoms. The number of nitrogens with zero attached hydrogens (tertiary/aromatic N) is 9. The smallest absolute Gasteiger partial charge is 0.178 e. The van der Waals surface area contributed by atoms with Gasteiger partial charge in [-0.05, 0) is 79.4 Å². The molecule has 0 aliphatic rings. The van der Waals surface area contributed by atoms with Crippen molar-refractivity contribution < 1.29 is 15.1 Å². The van der Waals surface area contributed by atoms with E-state index in [1.165, 1.54) is 6.92 Å². The number of ketones is 1. The minimum absolute atomic E-state index is 0.0438. The average molecular weight is 760 g/mol. The first-order valence-electron chi connectivity index (χ1n) is 18.6. The number of pyridine rings is 4. The van der Waals surface area contributed by atoms with Gasteiger partial charge in [0.1, 0.15) is 11.4 Å². The molecule has 0 aliphatic heterocycles. The summed E-state index contributed by atoms with van der Waals surface area (Å²) in [7, 11) is 1.00. The Morgan fingerprint density at radius 2 is 1.02 bits per heavy atom. The SMILES string of the molecule is C/C(=N\O)c1cccc(-c2ccc3cnn(-c4cccc(C(C)C)n4)c3c2)n1.CC(=O)c1cccc(-c2ccc3cnn(-c4cccc(C(C)C)n4)c3c2)n1.CO. The predicted molar refractivity (Wildman–Crippen MR) is 225 cm³/mol. The van der Waals surface area contributed by atoms with Crippen molar-refractivity contribution in [1.82, 2.24) is 39.5 Å². The molecule has 0 saturated heterocycles. The minimum Gasteiger partial charge on any atom is -0.411 e. The number of oxime groups is 1. The van der Waals surface area contributed by atoms with Gasteiger partial charge in [0.2, 0.25) is 0 Å². The molecular weight excluding hydrogens is 715 g/mol. The van der Waals surface area contributed by atoms with E-state index in [1.807, 2.05) is 119 Å². The molecule has 6 heterocycles. The van der Waals surface area contributed by atoms with Crippen LogP contribution in [0, 0.1) is 0 Å². The Labute approximate surface area is 331 Å². The highest BCUT2D eigenvalue weighted by Gasteiger charge is 2.13. The average Bonchev–Trinajstić information content (AvgIpc) is 3.88. The number of aliphatic hydroxyl groups is 1. The number of fused-ring (bicyclic) bond motifs is 2. The molecule has 8 aromatic rings. The molecule has 2 N–H and O–H groups in total. The largest absolute Gasteiger partial charge is 0.411 e. The Morgan fingerprint density at radius 1 is 0.579 bits per heavy atom. The lowest BCUT2D eigenvalue weighted by atomic mass is 10.1. The zero-order chi connectivity index (χ0) is 40.6. The predicted octanol–water partition coefficient (Wildman–Crippen LogP) is 9.22. The third-order valence-corrected chi connectivity index (χ3v) is 9.24. The first-order chi connectivity index (χ1) is 27.6. The Bertz CT molecular complexity index is 2700. The number of aliphatic hydroxyl groups excluding tert-OH is 1. The van der Waals surface area contributed by atoms with Crippen LogP contribution in [0.2, 0.25) is 0 Å². The highest BCUT2D eigenvalue weighted by molar-refractivity contribution is 5.97. The standard InChI is InChI=1S/C22H21N5O.C22H20N4O.CH4O/c1-14(2)18-6-5-9-22(25-18)27-21-12-16(10-11-17(21)13-23-27)20-8-4-7-19(24-20)15(3)26-28;1-14(2)18-6-5-9-22(25-18)26-21-12-16(10-11-17(21)13-23-26)20-8-4-7-19(24-20)15(3)27;1-2/h4-14,28H,1-3H3;4-14H,1-3H3;2H,1H3/b26-15+;;. The lowest BCUT2D eigenvalue weighted by molar-refractivity contribution is 0.101. The van der Waals surface area contributed by atoms with Gasteiger partial charge in [0.25, 0.3) is 0 Å². The van der Waals surface area contributed by atoms with Crippen molar-refractivity contribution in [2.24, 2.45) is 5.16 Å². The van der Waals surface area contributed by atoms with Gasteiger partial charge in [-0.1, -0.05) is 81.4 Å². The van der Waals surface area contributed by atoms with Crippen LogP contribution in [0.25, 0.3) is 56.0 Å². The molecule has 12 heteroatoms. The van der Waals surface area contributed by atoms with Gasteiger partial charge in [-0.2, -0.15) is 10.2 Å². The summed E-state index contributed by atoms with van der Waals surface area (Å²) in [5.41, 5.74) is 9.03. The van der Waals surface area contributed by atoms with Crippen molar-refractivity contribution in [2.45, 2.75) is 53.4 Å². The molecule has 0 unspecified atom stereocenters. The second kappa shape index (κ2) is 17.7. The number of aromatic nitrogens is 8. The minimum atomic E-state index is -0.0438. The maximum absolute atomic E-state index is 11.6. The van der Waals surface area contributed by atoms with Crippen molar-refractivity contribution in [2.75, 3.05) is 7.11 Å². The fourth-order valence-electron chi connectivity index (χ4n) is 6.12. The molecule has 0 bridgehead atoms. The Hall–Kier alpha value is -6.92. The van der Waals surface area contributed by atoms with E-state index in [9.17, 15) is 4.79 Å². The van der Waals surface area contributed by atoms with Crippen LogP contribution < -0.4 is 0 Å². The zero-order valence-electron chi connectivity index (χ0n) is 33.0. The lowest BCUT2D eigenvalue weighted by Crippen LogP contribution is -2.03. The highest BCUT2D eigenvalue weighted by atomic mass is 16.4. The van der Waals surface area contributed by atoms with Gasteiger partial charge in [0, 0.05) is 47.3 Å². The van der Waals surface area contributed by atoms with Crippen molar-refractivity contribution in [3.8, 4) is 34.2 Å². The molecule has 57 heavy (non-hydrogen) atoms. The molecule has 6 aromatic heterocycles. The van der Waals surface area contributed by atoms with Crippen molar-refractivity contribution in [3.05, 3.63) is 144 Å². The topological polar surface area (TPSA) is 157 Å². The lowest BCUT2D eigenvalue weighted by Gasteiger charge is -2.09. The molecule has 0 amide bonds. The summed E-state index contributed by atoms with van der Waals surface area (Å²) < 4.78 is 3.70. The van der Waals surface area contributed by atoms with Gasteiger partial charge in [-0.25, -0.2) is 29.3 Å². The van der Waals surface area contributed by atoms with Gasteiger partial charge in [-0.3, -0.25) is 4.79 Å². The van der Waals surface area contributed by atoms with Gasteiger partial charge in [0.15, 0.2) is 17.4 Å². The fourth-order valence-corrected chi connectivity index (χ4v) is 6.12. The van der Waals surface area contributed by atoms with Gasteiger partial charge >= 0.3 is 0 Å². The first-order valence-corrected chi connectivity index (χ1v) is 18.6. The van der Waals surface area contributed by atoms with Gasteiger partial charge in [-0.15, -0.1) is 0 Å². The van der Waals surface area contributed by atoms with E-state index in [2.05, 4.69) is 59.1 Å². The summed E-state index contributed by atoms with van der Waals surface area (Å²) in [6, 6.07) is 35.3. The van der Waals surface area contributed by atoms with Crippen LogP contribution in [0.5, 0.6) is 0 Å². The quantitative estimate of drug-likeness (QED) is 0.0667. The van der Waals surface area contributed by atoms with E-state index < -0.39 is 0 Å². The summed E-state index contributed by atoms with van der Waals surface area (Å²) in [5.74, 6) is 2.24. The fraction of sp³-hybridized carbons (Fsp3) is 0.200. The van der Waals surface area contributed by atoms with E-state index in [-0.39, 0.29) is 5.78 Å². The maximum atomic E-state index is 11.6. The number of carbonyl (C=O) groups is 1. The van der Waals surface area contributed by atoms with Crippen LogP contribution >= 0.6 is 0 Å². The van der Waals surface area contributed by atoms with Gasteiger partial charge < -0.3 is 10.3 Å². The molecule has 0 radical (unpaired) electrons. The number of hydrogen-bond donors (Lipinski definition) is 2. The molecule has 0 saturated carbocycles. The van der Waals surface area contributed by atoms with Crippen LogP contribution in [0.1, 0.15) is 80.9 Å². The number of Topliss-reactive ketones (excluding diaryl/α,β-unsaturated/α-hetero) is 1. The summed E-state index contributed by atoms with van der Waals surface area (Å²) in [4.78, 5) is 30.2. The molecule has 0 aliphatic carbocycles. The van der Waals surface area contributed by atoms with Crippen molar-refractivity contribution in [1.29, 1.82) is 0 Å². The summed E-state index contributed by atoms with van der Waals surface area (Å²) in [5, 5.41) is 30.4. The van der Waals surface area contributed by atoms with Crippen molar-refractivity contribution in [3.63, 3.8) is 0 Å². The number of benzene rings is 2. The Kier molecular flexibility index (Phi) is 12.3. The van der Waals surface area contributed by atoms with E-state index >= 15 is 0 Å². The van der Waals surface area contributed by atoms with Crippen LogP contribution in [0.15, 0.2) is 127 Å². The first kappa shape index (κ1) is 39.8. The number of rotatable bonds is 8. The molecule has 0 atom stereocenters. The van der Waals surface area contributed by atoms with Crippen LogP contribution in [0.4, 0.5) is 0 Å². The monoisotopic (exact) mass is 759 g/mol. The summed E-state index contributed by atoms with van der Waals surface area (Å²) in [6.07, 6.45) is 3.68. The Morgan fingerprint density at radius 3 is 1.46 bits per heavy atom. The molecular formula is C45H45N9O3. The summed E-state index contributed by atoms with van der Waals surface area (Å²) in [6.45, 7) is 11.7. The number of hydrogen-bond acceptors (Lipinski definition) is 10. The second-order valence-electron chi connectivity index (χ2n) is 13.9. The Balaban J connectivity index is 0.000000185. The van der Waals surface area contributed by atoms with Crippen LogP contribution in [-0.2, 0) is 0 Å². The van der Waals surface area contributed by atoms with Gasteiger partial charge in [0.05, 0.1) is 40.5 Å². The third-order valence-electron chi connectivity index (χ3n) is 9.24. The normalized spacial score (nSPS) is 11.4. The van der Waals surface area contributed by atoms with E-state index in [0.717, 1.165) is 74.5 Å². The van der Waals surface area contributed by atoms with Crippen molar-refractivity contribution >= 4 is 33.3 Å². The highest BCUT2D eigenvalue weighted by Crippen LogP contribution is 2.27. The van der Waals surface area contributed by atoms with E-state index in [0.29, 0.717) is 28.9 Å². The molecule has 12 nitrogen and oxygen atoms in total. The third kappa shape index (κ3) is 8.82. The molecule has 0 fully saturated rings. The molecule has 2 aromatic carbocycles. The van der Waals surface area contributed by atoms with E-state index in [1.54, 1.807) is 13.0 Å². The molecule has 8 rings (SSSR count). The zero-order valence-corrected chi connectivity index (χ0v) is 33.0.